The van der Waals surface area contributed by atoms with Crippen molar-refractivity contribution in [3.8, 4) is 0 Å². The van der Waals surface area contributed by atoms with Crippen molar-refractivity contribution in [3.63, 3.8) is 0 Å². The first kappa shape index (κ1) is 10.3. The highest BCUT2D eigenvalue weighted by molar-refractivity contribution is 7.99. The van der Waals surface area contributed by atoms with E-state index in [0.29, 0.717) is 0 Å². The summed E-state index contributed by atoms with van der Waals surface area (Å²) in [6.07, 6.45) is 0.919. The molecule has 0 saturated carbocycles. The van der Waals surface area contributed by atoms with E-state index in [4.69, 9.17) is 0 Å². The molecule has 0 unspecified atom stereocenters. The highest BCUT2D eigenvalue weighted by atomic mass is 32.2. The maximum absolute atomic E-state index is 13.2. The Morgan fingerprint density at radius 1 is 1.40 bits per heavy atom. The van der Waals surface area contributed by atoms with Crippen molar-refractivity contribution in [2.24, 2.45) is 0 Å². The fraction of sp³-hybridized carbons (Fsp3) is 1.00. The normalized spacial score (nSPS) is 15.3. The zero-order valence-corrected chi connectivity index (χ0v) is 8.09. The first-order valence-electron chi connectivity index (χ1n) is 3.82. The number of hydrogen-bond acceptors (Lipinski definition) is 1. The van der Waals surface area contributed by atoms with Crippen molar-refractivity contribution in [3.05, 3.63) is 0 Å². The summed E-state index contributed by atoms with van der Waals surface area (Å²) in [6.45, 7) is 7.42. The first-order valence-corrected chi connectivity index (χ1v) is 4.87. The van der Waals surface area contributed by atoms with E-state index in [1.54, 1.807) is 25.6 Å². The van der Waals surface area contributed by atoms with Gasteiger partial charge in [0.2, 0.25) is 0 Å². The smallest absolute Gasteiger partial charge is 0.117 e. The highest BCUT2D eigenvalue weighted by Gasteiger charge is 2.26. The van der Waals surface area contributed by atoms with E-state index in [-0.39, 0.29) is 5.25 Å². The molecule has 10 heavy (non-hydrogen) atoms. The Bertz CT molecular complexity index is 85.7. The molecular weight excluding hydrogens is 147 g/mol. The molecule has 0 aliphatic heterocycles. The maximum atomic E-state index is 13.2. The van der Waals surface area contributed by atoms with Crippen molar-refractivity contribution in [1.82, 2.24) is 0 Å². The summed E-state index contributed by atoms with van der Waals surface area (Å²) in [4.78, 5) is 0. The Kier molecular flexibility index (Phi) is 4.34. The van der Waals surface area contributed by atoms with Crippen LogP contribution >= 0.6 is 11.8 Å². The third kappa shape index (κ3) is 3.45. The van der Waals surface area contributed by atoms with Gasteiger partial charge in [0.05, 0.1) is 0 Å². The van der Waals surface area contributed by atoms with Gasteiger partial charge in [-0.25, -0.2) is 4.39 Å². The molecule has 0 amide bonds. The predicted molar refractivity (Wildman–Crippen MR) is 47.4 cm³/mol. The molecule has 1 atom stereocenters. The monoisotopic (exact) mass is 164 g/mol. The van der Waals surface area contributed by atoms with Crippen LogP contribution in [-0.4, -0.2) is 16.7 Å². The minimum absolute atomic E-state index is 0.164. The van der Waals surface area contributed by atoms with Crippen LogP contribution in [0.15, 0.2) is 0 Å². The van der Waals surface area contributed by atoms with E-state index in [1.165, 1.54) is 0 Å². The van der Waals surface area contributed by atoms with E-state index in [9.17, 15) is 4.39 Å². The second kappa shape index (κ2) is 4.22. The van der Waals surface area contributed by atoms with E-state index >= 15 is 0 Å². The Morgan fingerprint density at radius 3 is 2.00 bits per heavy atom. The molecule has 2 heteroatoms. The largest absolute Gasteiger partial charge is 0.243 e. The number of halogens is 1. The molecule has 0 spiro atoms. The summed E-state index contributed by atoms with van der Waals surface area (Å²) in [5, 5.41) is 0.164. The van der Waals surface area contributed by atoms with Gasteiger partial charge in [-0.05, 0) is 26.0 Å². The Balaban J connectivity index is 3.81. The van der Waals surface area contributed by atoms with Gasteiger partial charge in [-0.2, -0.15) is 11.8 Å². The molecule has 0 aromatic rings. The molecule has 0 rings (SSSR count). The maximum Gasteiger partial charge on any atom is 0.117 e. The minimum Gasteiger partial charge on any atom is -0.243 e. The van der Waals surface area contributed by atoms with Gasteiger partial charge >= 0.3 is 0 Å². The van der Waals surface area contributed by atoms with E-state index in [0.717, 1.165) is 12.2 Å². The number of alkyl halides is 1. The highest BCUT2D eigenvalue weighted by Crippen LogP contribution is 2.28. The Hall–Kier alpha value is 0.280. The number of hydrogen-bond donors (Lipinski definition) is 0. The summed E-state index contributed by atoms with van der Waals surface area (Å²) in [6, 6.07) is 0. The quantitative estimate of drug-likeness (QED) is 0.614. The van der Waals surface area contributed by atoms with E-state index < -0.39 is 5.67 Å². The number of thioether (sulfide) groups is 1. The van der Waals surface area contributed by atoms with Crippen LogP contribution in [0.1, 0.15) is 34.1 Å². The zero-order chi connectivity index (χ0) is 8.20. The average molecular weight is 164 g/mol. The van der Waals surface area contributed by atoms with E-state index in [1.807, 2.05) is 6.92 Å². The van der Waals surface area contributed by atoms with Crippen LogP contribution < -0.4 is 0 Å². The van der Waals surface area contributed by atoms with Crippen molar-refractivity contribution in [1.29, 1.82) is 0 Å². The summed E-state index contributed by atoms with van der Waals surface area (Å²) >= 11 is 1.71. The van der Waals surface area contributed by atoms with Crippen LogP contribution in [0, 0.1) is 0 Å². The Labute approximate surface area is 67.6 Å². The van der Waals surface area contributed by atoms with Crippen molar-refractivity contribution >= 4 is 11.8 Å². The summed E-state index contributed by atoms with van der Waals surface area (Å²) in [5.74, 6) is 1.01. The van der Waals surface area contributed by atoms with Gasteiger partial charge in [0.25, 0.3) is 0 Å². The van der Waals surface area contributed by atoms with Gasteiger partial charge in [0.1, 0.15) is 5.67 Å². The molecule has 0 bridgehead atoms. The minimum atomic E-state index is -1.02. The third-order valence-corrected chi connectivity index (χ3v) is 3.13. The van der Waals surface area contributed by atoms with Crippen LogP contribution in [-0.2, 0) is 0 Å². The molecule has 0 saturated heterocycles. The van der Waals surface area contributed by atoms with Gasteiger partial charge in [0, 0.05) is 5.25 Å². The lowest BCUT2D eigenvalue weighted by Crippen LogP contribution is -2.28. The van der Waals surface area contributed by atoms with Gasteiger partial charge < -0.3 is 0 Å². The van der Waals surface area contributed by atoms with Gasteiger partial charge in [-0.3, -0.25) is 0 Å². The molecule has 0 radical (unpaired) electrons. The Morgan fingerprint density at radius 2 is 1.90 bits per heavy atom. The second-order valence-corrected chi connectivity index (χ2v) is 4.40. The standard InChI is InChI=1S/C8H17FS/c1-5-7(10-6-2)8(3,4)9/h7H,5-6H2,1-4H3/t7-/m1/s1. The van der Waals surface area contributed by atoms with Gasteiger partial charge in [-0.15, -0.1) is 0 Å². The molecule has 0 N–H and O–H groups in total. The predicted octanol–water partition coefficient (Wildman–Crippen LogP) is 3.27. The molecule has 0 aliphatic rings. The topological polar surface area (TPSA) is 0 Å². The molecule has 0 aromatic heterocycles. The van der Waals surface area contributed by atoms with Crippen molar-refractivity contribution in [2.75, 3.05) is 5.75 Å². The molecular formula is C8H17FS. The first-order chi connectivity index (χ1) is 4.52. The summed E-state index contributed by atoms with van der Waals surface area (Å²) in [5.41, 5.74) is -1.02. The van der Waals surface area contributed by atoms with Crippen molar-refractivity contribution in [2.45, 2.75) is 45.0 Å². The molecule has 0 fully saturated rings. The molecule has 0 nitrogen and oxygen atoms in total. The van der Waals surface area contributed by atoms with Crippen molar-refractivity contribution < 1.29 is 4.39 Å². The van der Waals surface area contributed by atoms with E-state index in [2.05, 4.69) is 6.92 Å². The fourth-order valence-electron chi connectivity index (χ4n) is 1.00. The van der Waals surface area contributed by atoms with Crippen LogP contribution in [0.2, 0.25) is 0 Å². The van der Waals surface area contributed by atoms with Crippen LogP contribution in [0.5, 0.6) is 0 Å². The molecule has 0 aromatic carbocycles. The van der Waals surface area contributed by atoms with Gasteiger partial charge in [0.15, 0.2) is 0 Å². The molecule has 62 valence electrons. The number of rotatable bonds is 4. The SMILES string of the molecule is CCS[C@H](CC)C(C)(C)F. The lowest BCUT2D eigenvalue weighted by molar-refractivity contribution is 0.208. The third-order valence-electron chi connectivity index (χ3n) is 1.50. The molecule has 0 heterocycles. The second-order valence-electron chi connectivity index (χ2n) is 2.92. The lowest BCUT2D eigenvalue weighted by atomic mass is 10.1. The van der Waals surface area contributed by atoms with Crippen LogP contribution in [0.3, 0.4) is 0 Å². The van der Waals surface area contributed by atoms with Gasteiger partial charge in [-0.1, -0.05) is 13.8 Å². The molecule has 0 aliphatic carbocycles. The van der Waals surface area contributed by atoms with Crippen LogP contribution in [0.25, 0.3) is 0 Å². The van der Waals surface area contributed by atoms with Crippen LogP contribution in [0.4, 0.5) is 4.39 Å². The zero-order valence-electron chi connectivity index (χ0n) is 7.28. The summed E-state index contributed by atoms with van der Waals surface area (Å²) < 4.78 is 13.2. The average Bonchev–Trinajstić information content (AvgIpc) is 1.80. The fourth-order valence-corrected chi connectivity index (χ4v) is 2.04. The lowest BCUT2D eigenvalue weighted by Gasteiger charge is -2.24. The summed E-state index contributed by atoms with van der Waals surface area (Å²) in [7, 11) is 0.